The number of nitrogens with zero attached hydrogens (tertiary/aromatic N) is 2. The van der Waals surface area contributed by atoms with Crippen molar-refractivity contribution in [3.63, 3.8) is 0 Å². The molecule has 4 amide bonds. The second-order valence-corrected chi connectivity index (χ2v) is 7.70. The molecule has 1 unspecified atom stereocenters. The molecule has 3 aliphatic heterocycles. The van der Waals surface area contributed by atoms with E-state index < -0.39 is 23.8 Å². The van der Waals surface area contributed by atoms with Crippen LogP contribution in [-0.2, 0) is 16.1 Å². The van der Waals surface area contributed by atoms with Gasteiger partial charge in [-0.3, -0.25) is 34.3 Å². The summed E-state index contributed by atoms with van der Waals surface area (Å²) < 4.78 is 0. The Morgan fingerprint density at radius 3 is 2.68 bits per heavy atom. The Morgan fingerprint density at radius 1 is 1.14 bits per heavy atom. The molecule has 2 atom stereocenters. The van der Waals surface area contributed by atoms with Crippen LogP contribution < -0.4 is 10.6 Å². The Balaban J connectivity index is 1.59. The largest absolute Gasteiger partial charge is 0.315 e. The quantitative estimate of drug-likeness (QED) is 0.723. The van der Waals surface area contributed by atoms with E-state index in [1.54, 1.807) is 12.1 Å². The van der Waals surface area contributed by atoms with Crippen molar-refractivity contribution in [3.8, 4) is 0 Å². The number of amides is 4. The molecule has 0 radical (unpaired) electrons. The fourth-order valence-corrected chi connectivity index (χ4v) is 4.32. The maximum Gasteiger partial charge on any atom is 0.262 e. The van der Waals surface area contributed by atoms with Gasteiger partial charge in [-0.05, 0) is 44.5 Å². The Bertz CT molecular complexity index is 847. The van der Waals surface area contributed by atoms with Crippen LogP contribution in [-0.4, -0.2) is 65.6 Å². The minimum absolute atomic E-state index is 0.119. The summed E-state index contributed by atoms with van der Waals surface area (Å²) >= 11 is 0. The highest BCUT2D eigenvalue weighted by Crippen LogP contribution is 2.30. The molecule has 2 saturated heterocycles. The van der Waals surface area contributed by atoms with E-state index in [9.17, 15) is 19.2 Å². The van der Waals surface area contributed by atoms with Gasteiger partial charge in [-0.25, -0.2) is 0 Å². The lowest BCUT2D eigenvalue weighted by Crippen LogP contribution is -2.54. The van der Waals surface area contributed by atoms with Crippen molar-refractivity contribution < 1.29 is 19.2 Å². The molecule has 148 valence electrons. The number of piperidine rings is 2. The standard InChI is InChI=1S/C20H24N4O4/c1-23(13-5-3-9-21-10-13)11-12-4-2-6-14-17(12)20(28)24(19(14)27)15-7-8-16(25)22-18(15)26/h2,4,6,13,15,21H,3,5,7-11H2,1H3,(H,22,25,26)/t13-,15?/m0/s1. The fourth-order valence-electron chi connectivity index (χ4n) is 4.32. The van der Waals surface area contributed by atoms with Crippen LogP contribution in [0, 0.1) is 0 Å². The summed E-state index contributed by atoms with van der Waals surface area (Å²) in [4.78, 5) is 52.9. The SMILES string of the molecule is CN(Cc1cccc2c1C(=O)N(C1CCC(=O)NC1=O)C2=O)[C@H]1CCCNC1. The molecular formula is C20H24N4O4. The van der Waals surface area contributed by atoms with E-state index in [0.717, 1.165) is 36.4 Å². The van der Waals surface area contributed by atoms with Gasteiger partial charge in [0.1, 0.15) is 6.04 Å². The van der Waals surface area contributed by atoms with Crippen LogP contribution in [0.4, 0.5) is 0 Å². The van der Waals surface area contributed by atoms with Crippen LogP contribution in [0.5, 0.6) is 0 Å². The van der Waals surface area contributed by atoms with Crippen LogP contribution in [0.15, 0.2) is 18.2 Å². The zero-order chi connectivity index (χ0) is 19.8. The number of imide groups is 2. The number of hydrogen-bond acceptors (Lipinski definition) is 6. The summed E-state index contributed by atoms with van der Waals surface area (Å²) in [6, 6.07) is 4.72. The number of hydrogen-bond donors (Lipinski definition) is 2. The minimum Gasteiger partial charge on any atom is -0.315 e. The minimum atomic E-state index is -0.932. The van der Waals surface area contributed by atoms with Gasteiger partial charge in [0.25, 0.3) is 11.8 Å². The van der Waals surface area contributed by atoms with Crippen LogP contribution in [0.2, 0.25) is 0 Å². The predicted molar refractivity (Wildman–Crippen MR) is 100 cm³/mol. The number of carbonyl (C=O) groups excluding carboxylic acids is 4. The van der Waals surface area contributed by atoms with Crippen molar-refractivity contribution in [2.24, 2.45) is 0 Å². The van der Waals surface area contributed by atoms with E-state index in [4.69, 9.17) is 0 Å². The molecule has 28 heavy (non-hydrogen) atoms. The molecule has 2 N–H and O–H groups in total. The van der Waals surface area contributed by atoms with Crippen molar-refractivity contribution in [1.82, 2.24) is 20.4 Å². The van der Waals surface area contributed by atoms with Crippen LogP contribution in [0.25, 0.3) is 0 Å². The number of nitrogens with one attached hydrogen (secondary N) is 2. The summed E-state index contributed by atoms with van der Waals surface area (Å²) in [6.07, 6.45) is 2.49. The van der Waals surface area contributed by atoms with Gasteiger partial charge in [-0.2, -0.15) is 0 Å². The second kappa shape index (κ2) is 7.44. The number of benzene rings is 1. The van der Waals surface area contributed by atoms with Crippen molar-refractivity contribution in [2.75, 3.05) is 20.1 Å². The van der Waals surface area contributed by atoms with E-state index in [0.29, 0.717) is 23.7 Å². The van der Waals surface area contributed by atoms with Crippen LogP contribution >= 0.6 is 0 Å². The third kappa shape index (κ3) is 3.22. The number of likely N-dealkylation sites (N-methyl/N-ethyl adjacent to an activating group) is 1. The van der Waals surface area contributed by atoms with Crippen molar-refractivity contribution in [1.29, 1.82) is 0 Å². The molecule has 1 aromatic rings. The van der Waals surface area contributed by atoms with Gasteiger partial charge in [0.05, 0.1) is 11.1 Å². The molecule has 0 aromatic heterocycles. The van der Waals surface area contributed by atoms with Crippen LogP contribution in [0.1, 0.15) is 52.0 Å². The lowest BCUT2D eigenvalue weighted by molar-refractivity contribution is -0.136. The van der Waals surface area contributed by atoms with E-state index in [-0.39, 0.29) is 18.7 Å². The van der Waals surface area contributed by atoms with Gasteiger partial charge in [0, 0.05) is 25.6 Å². The lowest BCUT2D eigenvalue weighted by Gasteiger charge is -2.32. The molecule has 4 rings (SSSR count). The first-order chi connectivity index (χ1) is 13.5. The third-order valence-corrected chi connectivity index (χ3v) is 5.87. The molecule has 2 fully saturated rings. The first-order valence-corrected chi connectivity index (χ1v) is 9.72. The van der Waals surface area contributed by atoms with Gasteiger partial charge in [-0.15, -0.1) is 0 Å². The Labute approximate surface area is 163 Å². The molecule has 0 saturated carbocycles. The van der Waals surface area contributed by atoms with Crippen molar-refractivity contribution >= 4 is 23.6 Å². The number of carbonyl (C=O) groups is 4. The molecule has 1 aromatic carbocycles. The van der Waals surface area contributed by atoms with E-state index >= 15 is 0 Å². The zero-order valence-corrected chi connectivity index (χ0v) is 15.9. The Kier molecular flexibility index (Phi) is 4.99. The fraction of sp³-hybridized carbons (Fsp3) is 0.500. The topological polar surface area (TPSA) is 98.8 Å². The molecule has 0 bridgehead atoms. The summed E-state index contributed by atoms with van der Waals surface area (Å²) in [5.41, 5.74) is 1.51. The second-order valence-electron chi connectivity index (χ2n) is 7.70. The maximum absolute atomic E-state index is 13.1. The molecule has 0 spiro atoms. The highest BCUT2D eigenvalue weighted by molar-refractivity contribution is 6.24. The summed E-state index contributed by atoms with van der Waals surface area (Å²) in [5, 5.41) is 5.61. The average molecular weight is 384 g/mol. The van der Waals surface area contributed by atoms with E-state index in [2.05, 4.69) is 15.5 Å². The Hall–Kier alpha value is -2.58. The molecule has 0 aliphatic carbocycles. The summed E-state index contributed by atoms with van der Waals surface area (Å²) in [7, 11) is 2.02. The molecular weight excluding hydrogens is 360 g/mol. The van der Waals surface area contributed by atoms with Gasteiger partial charge in [0.15, 0.2) is 0 Å². The predicted octanol–water partition coefficient (Wildman–Crippen LogP) is 0.272. The highest BCUT2D eigenvalue weighted by atomic mass is 16.2. The van der Waals surface area contributed by atoms with Gasteiger partial charge in [-0.1, -0.05) is 12.1 Å². The zero-order valence-electron chi connectivity index (χ0n) is 15.9. The summed E-state index contributed by atoms with van der Waals surface area (Å²) in [6.45, 7) is 2.48. The average Bonchev–Trinajstić information content (AvgIpc) is 2.94. The van der Waals surface area contributed by atoms with Gasteiger partial charge >= 0.3 is 0 Å². The Morgan fingerprint density at radius 2 is 1.96 bits per heavy atom. The summed E-state index contributed by atoms with van der Waals surface area (Å²) in [5.74, 6) is -1.86. The first kappa shape index (κ1) is 18.8. The van der Waals surface area contributed by atoms with Gasteiger partial charge < -0.3 is 5.32 Å². The van der Waals surface area contributed by atoms with Crippen LogP contribution in [0.3, 0.4) is 0 Å². The van der Waals surface area contributed by atoms with Crippen molar-refractivity contribution in [3.05, 3.63) is 34.9 Å². The van der Waals surface area contributed by atoms with Crippen molar-refractivity contribution in [2.45, 2.75) is 44.3 Å². The molecule has 3 heterocycles. The highest BCUT2D eigenvalue weighted by Gasteiger charge is 2.45. The maximum atomic E-state index is 13.1. The normalized spacial score (nSPS) is 25.3. The molecule has 3 aliphatic rings. The number of rotatable bonds is 4. The van der Waals surface area contributed by atoms with E-state index in [1.165, 1.54) is 0 Å². The molecule has 8 nitrogen and oxygen atoms in total. The molecule has 8 heteroatoms. The lowest BCUT2D eigenvalue weighted by atomic mass is 10.0. The van der Waals surface area contributed by atoms with E-state index in [1.807, 2.05) is 13.1 Å². The van der Waals surface area contributed by atoms with Gasteiger partial charge in [0.2, 0.25) is 11.8 Å². The monoisotopic (exact) mass is 384 g/mol. The first-order valence-electron chi connectivity index (χ1n) is 9.72. The smallest absolute Gasteiger partial charge is 0.262 e. The third-order valence-electron chi connectivity index (χ3n) is 5.87. The number of fused-ring (bicyclic) bond motifs is 1.